The molecule has 0 bridgehead atoms. The second-order valence-electron chi connectivity index (χ2n) is 3.98. The van der Waals surface area contributed by atoms with Crippen LogP contribution in [0.15, 0.2) is 34.9 Å². The summed E-state index contributed by atoms with van der Waals surface area (Å²) in [4.78, 5) is 16.0. The number of hydrogen-bond acceptors (Lipinski definition) is 3. The number of nitrogens with one attached hydrogen (secondary N) is 1. The van der Waals surface area contributed by atoms with Gasteiger partial charge in [-0.1, -0.05) is 15.9 Å². The van der Waals surface area contributed by atoms with E-state index in [2.05, 4.69) is 26.2 Å². The third-order valence-electron chi connectivity index (χ3n) is 2.53. The highest BCUT2D eigenvalue weighted by atomic mass is 79.9. The molecule has 1 heterocycles. The van der Waals surface area contributed by atoms with Crippen molar-refractivity contribution in [2.24, 2.45) is 0 Å². The first kappa shape index (κ1) is 13.5. The number of nitrogen functional groups attached to an aromatic ring is 1. The Kier molecular flexibility index (Phi) is 3.80. The largest absolute Gasteiger partial charge is 0.397 e. The van der Waals surface area contributed by atoms with E-state index >= 15 is 0 Å². The van der Waals surface area contributed by atoms with Crippen LogP contribution < -0.4 is 11.1 Å². The number of carbonyl (C=O) groups is 1. The summed E-state index contributed by atoms with van der Waals surface area (Å²) in [7, 11) is 0. The zero-order chi connectivity index (χ0) is 14.0. The van der Waals surface area contributed by atoms with Gasteiger partial charge in [0, 0.05) is 4.47 Å². The number of halogens is 2. The van der Waals surface area contributed by atoms with E-state index < -0.39 is 11.7 Å². The number of rotatable bonds is 2. The van der Waals surface area contributed by atoms with Crippen LogP contribution in [-0.2, 0) is 0 Å². The average Bonchev–Trinajstić information content (AvgIpc) is 2.35. The van der Waals surface area contributed by atoms with E-state index in [1.807, 2.05) is 0 Å². The van der Waals surface area contributed by atoms with Crippen LogP contribution in [0.1, 0.15) is 16.1 Å². The molecular formula is C13H11BrFN3O. The fraction of sp³-hybridized carbons (Fsp3) is 0.0769. The quantitative estimate of drug-likeness (QED) is 0.892. The molecule has 6 heteroatoms. The van der Waals surface area contributed by atoms with Gasteiger partial charge in [-0.15, -0.1) is 0 Å². The van der Waals surface area contributed by atoms with Gasteiger partial charge >= 0.3 is 0 Å². The van der Waals surface area contributed by atoms with Crippen molar-refractivity contribution >= 4 is 33.2 Å². The van der Waals surface area contributed by atoms with Crippen LogP contribution >= 0.6 is 15.9 Å². The molecule has 0 saturated heterocycles. The second-order valence-corrected chi connectivity index (χ2v) is 4.90. The zero-order valence-corrected chi connectivity index (χ0v) is 11.7. The van der Waals surface area contributed by atoms with Crippen molar-refractivity contribution in [1.82, 2.24) is 4.98 Å². The van der Waals surface area contributed by atoms with E-state index in [0.29, 0.717) is 21.4 Å². The van der Waals surface area contributed by atoms with E-state index in [-0.39, 0.29) is 5.69 Å². The number of amides is 1. The Hall–Kier alpha value is -1.95. The van der Waals surface area contributed by atoms with Crippen LogP contribution in [0.25, 0.3) is 0 Å². The first-order valence-electron chi connectivity index (χ1n) is 5.46. The SMILES string of the molecule is Cc1ncc(N)cc1C(=O)Nc1ccc(Br)cc1F. The van der Waals surface area contributed by atoms with Crippen molar-refractivity contribution in [3.63, 3.8) is 0 Å². The van der Waals surface area contributed by atoms with Gasteiger partial charge in [0.05, 0.1) is 28.8 Å². The molecule has 0 radical (unpaired) electrons. The lowest BCUT2D eigenvalue weighted by Crippen LogP contribution is -2.15. The van der Waals surface area contributed by atoms with Crippen molar-refractivity contribution in [1.29, 1.82) is 0 Å². The minimum absolute atomic E-state index is 0.107. The lowest BCUT2D eigenvalue weighted by molar-refractivity contribution is 0.102. The van der Waals surface area contributed by atoms with Crippen molar-refractivity contribution < 1.29 is 9.18 Å². The fourth-order valence-electron chi connectivity index (χ4n) is 1.56. The first-order chi connectivity index (χ1) is 8.97. The minimum atomic E-state index is -0.516. The molecular weight excluding hydrogens is 313 g/mol. The summed E-state index contributed by atoms with van der Waals surface area (Å²) in [5, 5.41) is 2.49. The highest BCUT2D eigenvalue weighted by Crippen LogP contribution is 2.20. The second kappa shape index (κ2) is 5.36. The Morgan fingerprint density at radius 1 is 1.42 bits per heavy atom. The van der Waals surface area contributed by atoms with Gasteiger partial charge in [-0.25, -0.2) is 4.39 Å². The van der Waals surface area contributed by atoms with Crippen molar-refractivity contribution in [3.8, 4) is 0 Å². The summed E-state index contributed by atoms with van der Waals surface area (Å²) in [6, 6.07) is 5.91. The predicted molar refractivity (Wildman–Crippen MR) is 75.4 cm³/mol. The number of carbonyl (C=O) groups excluding carboxylic acids is 1. The van der Waals surface area contributed by atoms with Gasteiger partial charge < -0.3 is 11.1 Å². The zero-order valence-electron chi connectivity index (χ0n) is 10.1. The fourth-order valence-corrected chi connectivity index (χ4v) is 1.89. The standard InChI is InChI=1S/C13H11BrFN3O/c1-7-10(5-9(16)6-17-7)13(19)18-12-3-2-8(14)4-11(12)15/h2-6H,16H2,1H3,(H,18,19). The van der Waals surface area contributed by atoms with Crippen LogP contribution in [0.2, 0.25) is 0 Å². The average molecular weight is 324 g/mol. The molecule has 0 aliphatic rings. The van der Waals surface area contributed by atoms with Gasteiger partial charge in [-0.2, -0.15) is 0 Å². The van der Waals surface area contributed by atoms with Gasteiger partial charge in [-0.3, -0.25) is 9.78 Å². The third-order valence-corrected chi connectivity index (χ3v) is 3.03. The third kappa shape index (κ3) is 3.08. The Balaban J connectivity index is 2.28. The Labute approximate surface area is 118 Å². The number of anilines is 2. The summed E-state index contributed by atoms with van der Waals surface area (Å²) in [6.07, 6.45) is 1.46. The van der Waals surface area contributed by atoms with E-state index in [1.54, 1.807) is 13.0 Å². The predicted octanol–water partition coefficient (Wildman–Crippen LogP) is 3.13. The Morgan fingerprint density at radius 3 is 2.84 bits per heavy atom. The molecule has 0 spiro atoms. The first-order valence-corrected chi connectivity index (χ1v) is 6.25. The number of nitrogens with zero attached hydrogens (tertiary/aromatic N) is 1. The van der Waals surface area contributed by atoms with E-state index in [0.717, 1.165) is 0 Å². The van der Waals surface area contributed by atoms with Gasteiger partial charge in [-0.05, 0) is 31.2 Å². The lowest BCUT2D eigenvalue weighted by atomic mass is 10.1. The number of hydrogen-bond donors (Lipinski definition) is 2. The molecule has 0 fully saturated rings. The van der Waals surface area contributed by atoms with Gasteiger partial charge in [0.2, 0.25) is 0 Å². The number of aromatic nitrogens is 1. The summed E-state index contributed by atoms with van der Waals surface area (Å²) in [5.74, 6) is -0.962. The molecule has 0 unspecified atom stereocenters. The van der Waals surface area contributed by atoms with Crippen LogP contribution in [-0.4, -0.2) is 10.9 Å². The van der Waals surface area contributed by atoms with Gasteiger partial charge in [0.1, 0.15) is 5.82 Å². The van der Waals surface area contributed by atoms with Crippen molar-refractivity contribution in [3.05, 3.63) is 52.0 Å². The summed E-state index contributed by atoms with van der Waals surface area (Å²) in [5.41, 5.74) is 6.93. The molecule has 3 N–H and O–H groups in total. The van der Waals surface area contributed by atoms with Crippen LogP contribution in [0.5, 0.6) is 0 Å². The van der Waals surface area contributed by atoms with E-state index in [1.165, 1.54) is 24.4 Å². The van der Waals surface area contributed by atoms with Crippen LogP contribution in [0.3, 0.4) is 0 Å². The molecule has 1 aromatic carbocycles. The molecule has 2 aromatic rings. The number of aryl methyl sites for hydroxylation is 1. The van der Waals surface area contributed by atoms with Crippen molar-refractivity contribution in [2.75, 3.05) is 11.1 Å². The maximum atomic E-state index is 13.6. The highest BCUT2D eigenvalue weighted by Gasteiger charge is 2.13. The molecule has 98 valence electrons. The molecule has 2 rings (SSSR count). The van der Waals surface area contributed by atoms with E-state index in [4.69, 9.17) is 5.73 Å². The van der Waals surface area contributed by atoms with E-state index in [9.17, 15) is 9.18 Å². The van der Waals surface area contributed by atoms with Crippen LogP contribution in [0.4, 0.5) is 15.8 Å². The topological polar surface area (TPSA) is 68.0 Å². The number of benzene rings is 1. The Bertz CT molecular complexity index is 646. The Morgan fingerprint density at radius 2 is 2.16 bits per heavy atom. The van der Waals surface area contributed by atoms with Gasteiger partial charge in [0.15, 0.2) is 0 Å². The summed E-state index contributed by atoms with van der Waals surface area (Å²) < 4.78 is 14.2. The summed E-state index contributed by atoms with van der Waals surface area (Å²) in [6.45, 7) is 1.69. The molecule has 4 nitrogen and oxygen atoms in total. The molecule has 0 aliphatic carbocycles. The molecule has 1 amide bonds. The maximum Gasteiger partial charge on any atom is 0.257 e. The smallest absolute Gasteiger partial charge is 0.257 e. The number of nitrogens with two attached hydrogens (primary N) is 1. The monoisotopic (exact) mass is 323 g/mol. The molecule has 1 aromatic heterocycles. The highest BCUT2D eigenvalue weighted by molar-refractivity contribution is 9.10. The van der Waals surface area contributed by atoms with Gasteiger partial charge in [0.25, 0.3) is 5.91 Å². The van der Waals surface area contributed by atoms with Crippen LogP contribution in [0, 0.1) is 12.7 Å². The molecule has 0 aliphatic heterocycles. The number of pyridine rings is 1. The van der Waals surface area contributed by atoms with Crippen molar-refractivity contribution in [2.45, 2.75) is 6.92 Å². The lowest BCUT2D eigenvalue weighted by Gasteiger charge is -2.09. The molecule has 19 heavy (non-hydrogen) atoms. The molecule has 0 atom stereocenters. The maximum absolute atomic E-state index is 13.6. The normalized spacial score (nSPS) is 10.3. The molecule has 0 saturated carbocycles. The summed E-state index contributed by atoms with van der Waals surface area (Å²) >= 11 is 3.15. The minimum Gasteiger partial charge on any atom is -0.397 e.